The highest BCUT2D eigenvalue weighted by Crippen LogP contribution is 2.24. The number of amides is 1. The minimum absolute atomic E-state index is 0.0878. The van der Waals surface area contributed by atoms with Crippen molar-refractivity contribution in [2.24, 2.45) is 23.5 Å². The summed E-state index contributed by atoms with van der Waals surface area (Å²) in [4.78, 5) is 13.7. The molecule has 3 atom stereocenters. The van der Waals surface area contributed by atoms with Gasteiger partial charge >= 0.3 is 0 Å². The number of rotatable bonds is 3. The van der Waals surface area contributed by atoms with Crippen LogP contribution in [0.5, 0.6) is 0 Å². The van der Waals surface area contributed by atoms with Crippen LogP contribution >= 0.6 is 0 Å². The third-order valence-corrected chi connectivity index (χ3v) is 3.21. The van der Waals surface area contributed by atoms with Crippen LogP contribution in [0, 0.1) is 17.8 Å². The van der Waals surface area contributed by atoms with Crippen LogP contribution in [-0.2, 0) is 4.79 Å². The van der Waals surface area contributed by atoms with E-state index in [0.717, 1.165) is 13.1 Å². The topological polar surface area (TPSA) is 46.3 Å². The Morgan fingerprint density at radius 1 is 1.27 bits per heavy atom. The molecule has 1 amide bonds. The highest BCUT2D eigenvalue weighted by Gasteiger charge is 2.32. The predicted molar refractivity (Wildman–Crippen MR) is 62.3 cm³/mol. The predicted octanol–water partition coefficient (Wildman–Crippen LogP) is 1.47. The molecule has 1 aliphatic rings. The van der Waals surface area contributed by atoms with Gasteiger partial charge in [0.25, 0.3) is 0 Å². The van der Waals surface area contributed by atoms with Gasteiger partial charge in [0.15, 0.2) is 0 Å². The summed E-state index contributed by atoms with van der Waals surface area (Å²) in [6.45, 7) is 10.7. The summed E-state index contributed by atoms with van der Waals surface area (Å²) >= 11 is 0. The molecule has 1 aliphatic heterocycles. The van der Waals surface area contributed by atoms with Crippen LogP contribution in [0.4, 0.5) is 0 Å². The van der Waals surface area contributed by atoms with E-state index in [2.05, 4.69) is 32.6 Å². The Hall–Kier alpha value is -0.570. The number of carbonyl (C=O) groups excluding carboxylic acids is 1. The number of nitrogens with zero attached hydrogens (tertiary/aromatic N) is 1. The number of primary amides is 1. The van der Waals surface area contributed by atoms with Gasteiger partial charge in [-0.15, -0.1) is 0 Å². The highest BCUT2D eigenvalue weighted by atomic mass is 16.1. The normalized spacial score (nSPS) is 30.5. The van der Waals surface area contributed by atoms with Crippen LogP contribution in [0.25, 0.3) is 0 Å². The van der Waals surface area contributed by atoms with Gasteiger partial charge in [0.05, 0.1) is 6.04 Å². The second kappa shape index (κ2) is 4.97. The molecule has 15 heavy (non-hydrogen) atoms. The number of carbonyl (C=O) groups is 1. The number of piperidine rings is 1. The Labute approximate surface area is 93.0 Å². The minimum atomic E-state index is -0.175. The second-order valence-electron chi connectivity index (χ2n) is 5.49. The molecule has 88 valence electrons. The molecule has 3 unspecified atom stereocenters. The van der Waals surface area contributed by atoms with Crippen molar-refractivity contribution in [3.05, 3.63) is 0 Å². The molecule has 0 aromatic heterocycles. The van der Waals surface area contributed by atoms with Gasteiger partial charge in [-0.25, -0.2) is 0 Å². The molecule has 0 radical (unpaired) electrons. The lowest BCUT2D eigenvalue weighted by molar-refractivity contribution is -0.126. The summed E-state index contributed by atoms with van der Waals surface area (Å²) in [5.74, 6) is 1.48. The van der Waals surface area contributed by atoms with Crippen LogP contribution < -0.4 is 5.73 Å². The molecule has 0 aromatic carbocycles. The van der Waals surface area contributed by atoms with Crippen LogP contribution in [0.1, 0.15) is 34.1 Å². The molecular formula is C12H24N2O. The van der Waals surface area contributed by atoms with E-state index in [1.165, 1.54) is 6.42 Å². The summed E-state index contributed by atoms with van der Waals surface area (Å²) in [6.07, 6.45) is 1.26. The Morgan fingerprint density at radius 2 is 1.73 bits per heavy atom. The van der Waals surface area contributed by atoms with Crippen molar-refractivity contribution in [3.63, 3.8) is 0 Å². The van der Waals surface area contributed by atoms with E-state index in [0.29, 0.717) is 17.8 Å². The molecule has 2 N–H and O–H groups in total. The lowest BCUT2D eigenvalue weighted by Crippen LogP contribution is -2.53. The van der Waals surface area contributed by atoms with Crippen molar-refractivity contribution in [2.45, 2.75) is 40.2 Å². The van der Waals surface area contributed by atoms with Crippen LogP contribution in [0.3, 0.4) is 0 Å². The zero-order valence-electron chi connectivity index (χ0n) is 10.4. The van der Waals surface area contributed by atoms with Crippen molar-refractivity contribution in [1.82, 2.24) is 4.90 Å². The van der Waals surface area contributed by atoms with E-state index in [-0.39, 0.29) is 11.9 Å². The molecule has 1 saturated heterocycles. The Kier molecular flexibility index (Phi) is 4.14. The number of hydrogen-bond acceptors (Lipinski definition) is 2. The summed E-state index contributed by atoms with van der Waals surface area (Å²) in [7, 11) is 0. The van der Waals surface area contributed by atoms with Gasteiger partial charge in [-0.1, -0.05) is 27.7 Å². The molecule has 3 heteroatoms. The second-order valence-corrected chi connectivity index (χ2v) is 5.49. The largest absolute Gasteiger partial charge is 0.368 e. The first-order chi connectivity index (χ1) is 6.91. The SMILES string of the molecule is CC1CC(C)CN(C(C(N)=O)C(C)C)C1. The number of hydrogen-bond donors (Lipinski definition) is 1. The summed E-state index contributed by atoms with van der Waals surface area (Å²) in [5, 5.41) is 0. The van der Waals surface area contributed by atoms with Crippen molar-refractivity contribution in [1.29, 1.82) is 0 Å². The maximum Gasteiger partial charge on any atom is 0.235 e. The fraction of sp³-hybridized carbons (Fsp3) is 0.917. The van der Waals surface area contributed by atoms with Crippen molar-refractivity contribution in [3.8, 4) is 0 Å². The maximum atomic E-state index is 11.4. The van der Waals surface area contributed by atoms with Gasteiger partial charge in [0, 0.05) is 13.1 Å². The van der Waals surface area contributed by atoms with E-state index in [4.69, 9.17) is 5.73 Å². The average molecular weight is 212 g/mol. The maximum absolute atomic E-state index is 11.4. The van der Waals surface area contributed by atoms with Crippen molar-refractivity contribution < 1.29 is 4.79 Å². The Bertz CT molecular complexity index is 218. The third-order valence-electron chi connectivity index (χ3n) is 3.21. The van der Waals surface area contributed by atoms with E-state index in [9.17, 15) is 4.79 Å². The fourth-order valence-electron chi connectivity index (χ4n) is 2.87. The molecule has 0 saturated carbocycles. The summed E-state index contributed by atoms with van der Waals surface area (Å²) in [6, 6.07) is -0.0878. The molecule has 1 heterocycles. The first kappa shape index (κ1) is 12.5. The summed E-state index contributed by atoms with van der Waals surface area (Å²) in [5.41, 5.74) is 5.48. The van der Waals surface area contributed by atoms with Crippen LogP contribution in [0.2, 0.25) is 0 Å². The number of likely N-dealkylation sites (tertiary alicyclic amines) is 1. The third kappa shape index (κ3) is 3.20. The minimum Gasteiger partial charge on any atom is -0.368 e. The van der Waals surface area contributed by atoms with E-state index in [1.54, 1.807) is 0 Å². The Balaban J connectivity index is 2.70. The first-order valence-corrected chi connectivity index (χ1v) is 5.95. The zero-order chi connectivity index (χ0) is 11.6. The monoisotopic (exact) mass is 212 g/mol. The molecule has 1 rings (SSSR count). The highest BCUT2D eigenvalue weighted by molar-refractivity contribution is 5.80. The van der Waals surface area contributed by atoms with Crippen LogP contribution in [-0.4, -0.2) is 29.9 Å². The zero-order valence-corrected chi connectivity index (χ0v) is 10.4. The molecule has 0 spiro atoms. The first-order valence-electron chi connectivity index (χ1n) is 5.95. The Morgan fingerprint density at radius 3 is 2.07 bits per heavy atom. The standard InChI is InChI=1S/C12H24N2O/c1-8(2)11(12(13)15)14-6-9(3)5-10(4)7-14/h8-11H,5-7H2,1-4H3,(H2,13,15). The van der Waals surface area contributed by atoms with Crippen molar-refractivity contribution >= 4 is 5.91 Å². The molecule has 0 aromatic rings. The van der Waals surface area contributed by atoms with Gasteiger partial charge in [-0.05, 0) is 24.2 Å². The van der Waals surface area contributed by atoms with Gasteiger partial charge in [-0.2, -0.15) is 0 Å². The van der Waals surface area contributed by atoms with Gasteiger partial charge in [0.1, 0.15) is 0 Å². The molecule has 3 nitrogen and oxygen atoms in total. The van der Waals surface area contributed by atoms with E-state index in [1.807, 2.05) is 0 Å². The van der Waals surface area contributed by atoms with E-state index >= 15 is 0 Å². The molecule has 1 fully saturated rings. The van der Waals surface area contributed by atoms with Crippen molar-refractivity contribution in [2.75, 3.05) is 13.1 Å². The van der Waals surface area contributed by atoms with Gasteiger partial charge < -0.3 is 5.73 Å². The van der Waals surface area contributed by atoms with Crippen LogP contribution in [0.15, 0.2) is 0 Å². The molecule has 0 aliphatic carbocycles. The number of nitrogens with two attached hydrogens (primary N) is 1. The van der Waals surface area contributed by atoms with E-state index < -0.39 is 0 Å². The molecule has 0 bridgehead atoms. The van der Waals surface area contributed by atoms with Gasteiger partial charge in [0.2, 0.25) is 5.91 Å². The lowest BCUT2D eigenvalue weighted by atomic mass is 9.89. The quantitative estimate of drug-likeness (QED) is 0.770. The van der Waals surface area contributed by atoms with Gasteiger partial charge in [-0.3, -0.25) is 9.69 Å². The smallest absolute Gasteiger partial charge is 0.235 e. The fourth-order valence-corrected chi connectivity index (χ4v) is 2.87. The molecular weight excluding hydrogens is 188 g/mol. The summed E-state index contributed by atoms with van der Waals surface area (Å²) < 4.78 is 0. The average Bonchev–Trinajstić information content (AvgIpc) is 1.99. The lowest BCUT2D eigenvalue weighted by Gasteiger charge is -2.40.